The van der Waals surface area contributed by atoms with Gasteiger partial charge in [-0.25, -0.2) is 0 Å². The van der Waals surface area contributed by atoms with Crippen molar-refractivity contribution in [3.63, 3.8) is 0 Å². The van der Waals surface area contributed by atoms with Gasteiger partial charge in [0.15, 0.2) is 0 Å². The lowest BCUT2D eigenvalue weighted by atomic mass is 10.0. The van der Waals surface area contributed by atoms with E-state index in [1.807, 2.05) is 6.08 Å². The fourth-order valence-electron chi connectivity index (χ4n) is 2.74. The Morgan fingerprint density at radius 2 is 1.92 bits per heavy atom. The fourth-order valence-corrected chi connectivity index (χ4v) is 2.74. The number of allylic oxidation sites excluding steroid dienone is 2. The van der Waals surface area contributed by atoms with E-state index in [2.05, 4.69) is 10.3 Å². The number of hydrogen-bond donors (Lipinski definition) is 6. The molecular formula is C18H20N2O6. The monoisotopic (exact) mass is 360 g/mol. The second-order valence-electron chi connectivity index (χ2n) is 6.28. The molecule has 8 heteroatoms. The molecule has 0 bridgehead atoms. The van der Waals surface area contributed by atoms with Gasteiger partial charge in [0, 0.05) is 11.3 Å². The van der Waals surface area contributed by atoms with Crippen molar-refractivity contribution in [3.05, 3.63) is 46.3 Å². The van der Waals surface area contributed by atoms with Crippen LogP contribution in [0.1, 0.15) is 12.0 Å². The quantitative estimate of drug-likeness (QED) is 0.344. The Morgan fingerprint density at radius 3 is 2.54 bits per heavy atom. The summed E-state index contributed by atoms with van der Waals surface area (Å²) < 4.78 is 0. The third kappa shape index (κ3) is 3.68. The summed E-state index contributed by atoms with van der Waals surface area (Å²) in [5.41, 5.74) is 2.44. The van der Waals surface area contributed by atoms with Crippen molar-refractivity contribution >= 4 is 28.4 Å². The maximum absolute atomic E-state index is 12.1. The number of carbonyl (C=O) groups is 1. The summed E-state index contributed by atoms with van der Waals surface area (Å²) in [6, 6.07) is 5.62. The maximum atomic E-state index is 12.1. The van der Waals surface area contributed by atoms with E-state index < -0.39 is 31.0 Å². The number of nitrogens with one attached hydrogen (secondary N) is 2. The highest BCUT2D eigenvalue weighted by molar-refractivity contribution is 5.88. The zero-order valence-corrected chi connectivity index (χ0v) is 13.8. The number of fused-ring (bicyclic) bond motifs is 1. The number of aliphatic hydroxyl groups excluding tert-OH is 4. The first-order valence-electron chi connectivity index (χ1n) is 8.18. The van der Waals surface area contributed by atoms with E-state index in [0.29, 0.717) is 23.1 Å². The number of rotatable bonds is 8. The molecule has 6 N–H and O–H groups in total. The first-order valence-corrected chi connectivity index (χ1v) is 8.18. The zero-order valence-electron chi connectivity index (χ0n) is 13.8. The number of hydrogen-bond acceptors (Lipinski definition) is 7. The molecule has 0 saturated heterocycles. The molecule has 26 heavy (non-hydrogen) atoms. The van der Waals surface area contributed by atoms with Crippen LogP contribution in [0.25, 0.3) is 16.5 Å². The highest BCUT2D eigenvalue weighted by Crippen LogP contribution is 2.30. The van der Waals surface area contributed by atoms with Crippen LogP contribution < -0.4 is 10.9 Å². The van der Waals surface area contributed by atoms with Gasteiger partial charge in [0.1, 0.15) is 30.6 Å². The Balaban J connectivity index is 1.83. The third-order valence-electron chi connectivity index (χ3n) is 4.38. The third-order valence-corrected chi connectivity index (χ3v) is 4.38. The van der Waals surface area contributed by atoms with E-state index in [1.54, 1.807) is 24.3 Å². The standard InChI is InChI=1S/C18H20N2O6/c21-7-14(16(24)17(25)15(23)8-22)19-11-4-3-10-5-12(9-1-2-9)18(26)20-13(10)6-11/h1,3-7,14-17,19,22-25H,2,8H2,(H,20,26)/t14-,15+,16+,17+/m1/s1. The van der Waals surface area contributed by atoms with Crippen molar-refractivity contribution < 1.29 is 25.2 Å². The molecule has 1 aromatic heterocycles. The number of aliphatic hydroxyl groups is 4. The van der Waals surface area contributed by atoms with Gasteiger partial charge in [-0.15, -0.1) is 0 Å². The van der Waals surface area contributed by atoms with Crippen molar-refractivity contribution in [2.75, 3.05) is 11.9 Å². The van der Waals surface area contributed by atoms with Crippen molar-refractivity contribution in [1.82, 2.24) is 4.98 Å². The summed E-state index contributed by atoms with van der Waals surface area (Å²) in [4.78, 5) is 26.2. The molecule has 8 nitrogen and oxygen atoms in total. The summed E-state index contributed by atoms with van der Waals surface area (Å²) in [5, 5.41) is 41.6. The molecule has 1 aromatic carbocycles. The molecule has 0 aliphatic heterocycles. The van der Waals surface area contributed by atoms with Gasteiger partial charge >= 0.3 is 0 Å². The van der Waals surface area contributed by atoms with Gasteiger partial charge in [0.25, 0.3) is 5.56 Å². The fraction of sp³-hybridized carbons (Fsp3) is 0.333. The number of aromatic nitrogens is 1. The highest BCUT2D eigenvalue weighted by Gasteiger charge is 2.31. The second kappa shape index (κ2) is 7.38. The molecule has 1 aliphatic rings. The number of H-pyrrole nitrogens is 1. The van der Waals surface area contributed by atoms with Crippen LogP contribution in [0.2, 0.25) is 0 Å². The van der Waals surface area contributed by atoms with Crippen LogP contribution in [0.4, 0.5) is 5.69 Å². The SMILES string of the molecule is O=C[C@@H](Nc1ccc2cc(C3=CC3)c(=O)[nH]c2c1)[C@H](O)[C@@H](O)[C@@H](O)CO. The zero-order chi connectivity index (χ0) is 18.8. The Morgan fingerprint density at radius 1 is 1.19 bits per heavy atom. The van der Waals surface area contributed by atoms with Crippen LogP contribution in [-0.2, 0) is 4.79 Å². The summed E-state index contributed by atoms with van der Waals surface area (Å²) >= 11 is 0. The van der Waals surface area contributed by atoms with Crippen molar-refractivity contribution in [1.29, 1.82) is 0 Å². The van der Waals surface area contributed by atoms with E-state index in [9.17, 15) is 24.9 Å². The van der Waals surface area contributed by atoms with Crippen LogP contribution in [0, 0.1) is 0 Å². The highest BCUT2D eigenvalue weighted by atomic mass is 16.4. The van der Waals surface area contributed by atoms with Crippen LogP contribution in [0.3, 0.4) is 0 Å². The predicted molar refractivity (Wildman–Crippen MR) is 95.7 cm³/mol. The van der Waals surface area contributed by atoms with Gasteiger partial charge in [0.05, 0.1) is 12.1 Å². The average Bonchev–Trinajstić information content (AvgIpc) is 3.48. The maximum Gasteiger partial charge on any atom is 0.255 e. The van der Waals surface area contributed by atoms with Crippen molar-refractivity contribution in [2.24, 2.45) is 0 Å². The molecule has 0 amide bonds. The summed E-state index contributed by atoms with van der Waals surface area (Å²) in [6.45, 7) is -0.750. The lowest BCUT2D eigenvalue weighted by molar-refractivity contribution is -0.117. The minimum Gasteiger partial charge on any atom is -0.394 e. The normalized spacial score (nSPS) is 17.9. The van der Waals surface area contributed by atoms with Gasteiger partial charge in [-0.3, -0.25) is 4.79 Å². The second-order valence-corrected chi connectivity index (χ2v) is 6.28. The molecule has 0 fully saturated rings. The van der Waals surface area contributed by atoms with Gasteiger partial charge < -0.3 is 35.5 Å². The predicted octanol–water partition coefficient (Wildman–Crippen LogP) is -0.630. The minimum atomic E-state index is -1.70. The lowest BCUT2D eigenvalue weighted by Gasteiger charge is -2.26. The smallest absolute Gasteiger partial charge is 0.255 e. The topological polar surface area (TPSA) is 143 Å². The molecule has 0 unspecified atom stereocenters. The van der Waals surface area contributed by atoms with E-state index in [1.165, 1.54) is 0 Å². The Kier molecular flexibility index (Phi) is 5.19. The molecule has 3 rings (SSSR count). The Hall–Kier alpha value is -2.52. The molecule has 4 atom stereocenters. The summed E-state index contributed by atoms with van der Waals surface area (Å²) in [6.07, 6.45) is -1.72. The van der Waals surface area contributed by atoms with Gasteiger partial charge in [-0.1, -0.05) is 12.1 Å². The number of carbonyl (C=O) groups excluding carboxylic acids is 1. The minimum absolute atomic E-state index is 0.202. The van der Waals surface area contributed by atoms with E-state index in [4.69, 9.17) is 5.11 Å². The van der Waals surface area contributed by atoms with Crippen LogP contribution in [0.15, 0.2) is 35.1 Å². The Bertz CT molecular complexity index is 906. The molecule has 0 spiro atoms. The molecular weight excluding hydrogens is 340 g/mol. The number of aldehydes is 1. The molecule has 0 radical (unpaired) electrons. The molecule has 2 aromatic rings. The van der Waals surface area contributed by atoms with E-state index >= 15 is 0 Å². The lowest BCUT2D eigenvalue weighted by Crippen LogP contribution is -2.49. The number of benzene rings is 1. The molecule has 1 aliphatic carbocycles. The van der Waals surface area contributed by atoms with Crippen molar-refractivity contribution in [3.8, 4) is 0 Å². The van der Waals surface area contributed by atoms with E-state index in [0.717, 1.165) is 17.4 Å². The van der Waals surface area contributed by atoms with Crippen molar-refractivity contribution in [2.45, 2.75) is 30.8 Å². The van der Waals surface area contributed by atoms with Crippen LogP contribution >= 0.6 is 0 Å². The molecule has 0 saturated carbocycles. The molecule has 1 heterocycles. The number of pyridine rings is 1. The first kappa shape index (κ1) is 18.3. The van der Waals surface area contributed by atoms with Crippen LogP contribution in [0.5, 0.6) is 0 Å². The number of aromatic amines is 1. The largest absolute Gasteiger partial charge is 0.394 e. The van der Waals surface area contributed by atoms with E-state index in [-0.39, 0.29) is 5.56 Å². The van der Waals surface area contributed by atoms with Gasteiger partial charge in [-0.05, 0) is 35.6 Å². The molecule has 138 valence electrons. The first-order chi connectivity index (χ1) is 12.4. The van der Waals surface area contributed by atoms with Crippen LogP contribution in [-0.4, -0.2) is 62.7 Å². The van der Waals surface area contributed by atoms with Gasteiger partial charge in [0.2, 0.25) is 0 Å². The summed E-state index contributed by atoms with van der Waals surface area (Å²) in [7, 11) is 0. The number of anilines is 1. The van der Waals surface area contributed by atoms with Gasteiger partial charge in [-0.2, -0.15) is 0 Å². The summed E-state index contributed by atoms with van der Waals surface area (Å²) in [5.74, 6) is 0. The Labute approximate surface area is 148 Å². The average molecular weight is 360 g/mol.